The van der Waals surface area contributed by atoms with Crippen LogP contribution in [-0.4, -0.2) is 11.0 Å². The van der Waals surface area contributed by atoms with Crippen LogP contribution in [0.4, 0.5) is 5.69 Å². The first-order valence-corrected chi connectivity index (χ1v) is 6.92. The molecule has 4 heteroatoms. The van der Waals surface area contributed by atoms with Gasteiger partial charge < -0.3 is 5.32 Å². The molecular formula is C14H14BrClN2. The zero-order chi connectivity index (χ0) is 13.0. The summed E-state index contributed by atoms with van der Waals surface area (Å²) < 4.78 is 0.978. The molecule has 0 aliphatic rings. The summed E-state index contributed by atoms with van der Waals surface area (Å²) >= 11 is 9.28. The number of hydrogen-bond donors (Lipinski definition) is 1. The summed E-state index contributed by atoms with van der Waals surface area (Å²) in [6, 6.07) is 10.3. The Hall–Kier alpha value is -1.06. The zero-order valence-corrected chi connectivity index (χ0v) is 12.4. The molecule has 94 valence electrons. The van der Waals surface area contributed by atoms with Gasteiger partial charge in [0.15, 0.2) is 0 Å². The number of aromatic nitrogens is 1. The molecule has 0 aliphatic carbocycles. The van der Waals surface area contributed by atoms with E-state index in [0.29, 0.717) is 6.04 Å². The average molecular weight is 326 g/mol. The molecule has 0 amide bonds. The van der Waals surface area contributed by atoms with E-state index in [0.717, 1.165) is 21.6 Å². The summed E-state index contributed by atoms with van der Waals surface area (Å²) in [6.07, 6.45) is 4.54. The van der Waals surface area contributed by atoms with Crippen LogP contribution in [0, 0.1) is 0 Å². The summed E-state index contributed by atoms with van der Waals surface area (Å²) in [7, 11) is 0. The van der Waals surface area contributed by atoms with Crippen LogP contribution in [0.2, 0.25) is 5.02 Å². The molecule has 1 N–H and O–H groups in total. The van der Waals surface area contributed by atoms with E-state index in [-0.39, 0.29) is 0 Å². The predicted octanol–water partition coefficient (Wildman–Crippen LogP) is 4.54. The summed E-state index contributed by atoms with van der Waals surface area (Å²) in [6.45, 7) is 2.15. The fourth-order valence-electron chi connectivity index (χ4n) is 1.80. The molecule has 0 saturated carbocycles. The fourth-order valence-corrected chi connectivity index (χ4v) is 2.29. The molecule has 0 bridgehead atoms. The molecule has 1 heterocycles. The summed E-state index contributed by atoms with van der Waals surface area (Å²) in [5, 5.41) is 4.19. The van der Waals surface area contributed by atoms with Gasteiger partial charge in [-0.05, 0) is 53.0 Å². The zero-order valence-electron chi connectivity index (χ0n) is 10.0. The quantitative estimate of drug-likeness (QED) is 0.892. The van der Waals surface area contributed by atoms with Gasteiger partial charge in [-0.3, -0.25) is 4.98 Å². The summed E-state index contributed by atoms with van der Waals surface area (Å²) in [5.41, 5.74) is 2.29. The van der Waals surface area contributed by atoms with E-state index in [1.807, 2.05) is 24.4 Å². The van der Waals surface area contributed by atoms with E-state index < -0.39 is 0 Å². The van der Waals surface area contributed by atoms with Crippen molar-refractivity contribution in [2.24, 2.45) is 0 Å². The van der Waals surface area contributed by atoms with Crippen LogP contribution in [-0.2, 0) is 6.42 Å². The Bertz CT molecular complexity index is 513. The van der Waals surface area contributed by atoms with E-state index in [4.69, 9.17) is 11.6 Å². The second kappa shape index (κ2) is 6.21. The number of hydrogen-bond acceptors (Lipinski definition) is 2. The Morgan fingerprint density at radius 3 is 2.67 bits per heavy atom. The lowest BCUT2D eigenvalue weighted by atomic mass is 10.1. The smallest absolute Gasteiger partial charge is 0.0540 e. The second-order valence-corrected chi connectivity index (χ2v) is 5.62. The van der Waals surface area contributed by atoms with Crippen LogP contribution in [0.1, 0.15) is 12.5 Å². The lowest BCUT2D eigenvalue weighted by molar-refractivity contribution is 0.789. The standard InChI is InChI=1S/C14H14BrClN2/c1-10(6-11-2-4-13(16)5-3-11)18-14-7-12(15)8-17-9-14/h2-5,7-10,18H,6H2,1H3. The van der Waals surface area contributed by atoms with Gasteiger partial charge in [-0.25, -0.2) is 0 Å². The van der Waals surface area contributed by atoms with Crippen molar-refractivity contribution in [2.45, 2.75) is 19.4 Å². The van der Waals surface area contributed by atoms with Crippen molar-refractivity contribution >= 4 is 33.2 Å². The topological polar surface area (TPSA) is 24.9 Å². The number of nitrogens with one attached hydrogen (secondary N) is 1. The average Bonchev–Trinajstić information content (AvgIpc) is 2.32. The van der Waals surface area contributed by atoms with Crippen molar-refractivity contribution in [3.05, 3.63) is 57.8 Å². The molecule has 18 heavy (non-hydrogen) atoms. The van der Waals surface area contributed by atoms with Crippen LogP contribution in [0.5, 0.6) is 0 Å². The first-order valence-electron chi connectivity index (χ1n) is 5.75. The molecule has 1 aromatic carbocycles. The highest BCUT2D eigenvalue weighted by molar-refractivity contribution is 9.10. The van der Waals surface area contributed by atoms with E-state index in [2.05, 4.69) is 45.3 Å². The third-order valence-electron chi connectivity index (χ3n) is 2.57. The Kier molecular flexibility index (Phi) is 4.61. The molecule has 2 aromatic rings. The molecule has 0 aliphatic heterocycles. The third kappa shape index (κ3) is 4.00. The van der Waals surface area contributed by atoms with Gasteiger partial charge in [0.1, 0.15) is 0 Å². The maximum Gasteiger partial charge on any atom is 0.0540 e. The largest absolute Gasteiger partial charge is 0.381 e. The Morgan fingerprint density at radius 2 is 2.00 bits per heavy atom. The molecule has 2 nitrogen and oxygen atoms in total. The highest BCUT2D eigenvalue weighted by Crippen LogP contribution is 2.16. The molecule has 0 radical (unpaired) electrons. The van der Waals surface area contributed by atoms with Gasteiger partial charge in [0.2, 0.25) is 0 Å². The number of rotatable bonds is 4. The van der Waals surface area contributed by atoms with Gasteiger partial charge in [0.05, 0.1) is 11.9 Å². The van der Waals surface area contributed by atoms with E-state index in [1.165, 1.54) is 5.56 Å². The van der Waals surface area contributed by atoms with Crippen molar-refractivity contribution in [1.82, 2.24) is 4.98 Å². The SMILES string of the molecule is CC(Cc1ccc(Cl)cc1)Nc1cncc(Br)c1. The van der Waals surface area contributed by atoms with Crippen molar-refractivity contribution in [2.75, 3.05) is 5.32 Å². The lowest BCUT2D eigenvalue weighted by Gasteiger charge is -2.15. The summed E-state index contributed by atoms with van der Waals surface area (Å²) in [4.78, 5) is 4.13. The van der Waals surface area contributed by atoms with E-state index in [9.17, 15) is 0 Å². The van der Waals surface area contributed by atoms with Crippen molar-refractivity contribution in [3.8, 4) is 0 Å². The monoisotopic (exact) mass is 324 g/mol. The Labute approximate surface area is 121 Å². The van der Waals surface area contributed by atoms with Crippen LogP contribution < -0.4 is 5.32 Å². The first-order chi connectivity index (χ1) is 8.63. The minimum absolute atomic E-state index is 0.335. The molecule has 1 unspecified atom stereocenters. The van der Waals surface area contributed by atoms with E-state index >= 15 is 0 Å². The maximum absolute atomic E-state index is 5.87. The van der Waals surface area contributed by atoms with Gasteiger partial charge in [0.25, 0.3) is 0 Å². The molecule has 1 aromatic heterocycles. The molecule has 0 saturated heterocycles. The highest BCUT2D eigenvalue weighted by atomic mass is 79.9. The van der Waals surface area contributed by atoms with Gasteiger partial charge >= 0.3 is 0 Å². The van der Waals surface area contributed by atoms with Crippen LogP contribution in [0.15, 0.2) is 47.2 Å². The lowest BCUT2D eigenvalue weighted by Crippen LogP contribution is -2.18. The van der Waals surface area contributed by atoms with E-state index in [1.54, 1.807) is 6.20 Å². The van der Waals surface area contributed by atoms with Crippen LogP contribution in [0.25, 0.3) is 0 Å². The fraction of sp³-hybridized carbons (Fsp3) is 0.214. The van der Waals surface area contributed by atoms with Crippen LogP contribution in [0.3, 0.4) is 0 Å². The van der Waals surface area contributed by atoms with Gasteiger partial charge in [0, 0.05) is 21.7 Å². The number of halogens is 2. The van der Waals surface area contributed by atoms with Crippen molar-refractivity contribution in [3.63, 3.8) is 0 Å². The number of nitrogens with zero attached hydrogens (tertiary/aromatic N) is 1. The van der Waals surface area contributed by atoms with Gasteiger partial charge in [-0.2, -0.15) is 0 Å². The Balaban J connectivity index is 1.96. The van der Waals surface area contributed by atoms with Gasteiger partial charge in [-0.1, -0.05) is 23.7 Å². The first kappa shape index (κ1) is 13.4. The van der Waals surface area contributed by atoms with Crippen LogP contribution >= 0.6 is 27.5 Å². The number of pyridine rings is 1. The molecule has 2 rings (SSSR count). The number of anilines is 1. The normalized spacial score (nSPS) is 12.2. The minimum Gasteiger partial charge on any atom is -0.381 e. The molecular weight excluding hydrogens is 312 g/mol. The molecule has 1 atom stereocenters. The highest BCUT2D eigenvalue weighted by Gasteiger charge is 2.04. The third-order valence-corrected chi connectivity index (χ3v) is 3.26. The Morgan fingerprint density at radius 1 is 1.28 bits per heavy atom. The minimum atomic E-state index is 0.335. The molecule has 0 spiro atoms. The number of benzene rings is 1. The van der Waals surface area contributed by atoms with Gasteiger partial charge in [-0.15, -0.1) is 0 Å². The molecule has 0 fully saturated rings. The summed E-state index contributed by atoms with van der Waals surface area (Å²) in [5.74, 6) is 0. The second-order valence-electron chi connectivity index (χ2n) is 4.27. The van der Waals surface area contributed by atoms with Crippen molar-refractivity contribution < 1.29 is 0 Å². The maximum atomic E-state index is 5.87. The predicted molar refractivity (Wildman–Crippen MR) is 80.2 cm³/mol. The van der Waals surface area contributed by atoms with Crippen molar-refractivity contribution in [1.29, 1.82) is 0 Å².